The van der Waals surface area contributed by atoms with Crippen molar-refractivity contribution in [2.75, 3.05) is 26.9 Å². The highest BCUT2D eigenvalue weighted by Crippen LogP contribution is 1.86. The van der Waals surface area contributed by atoms with Crippen molar-refractivity contribution in [1.29, 1.82) is 0 Å². The van der Waals surface area contributed by atoms with Gasteiger partial charge in [-0.2, -0.15) is 0 Å². The summed E-state index contributed by atoms with van der Waals surface area (Å²) in [6.45, 7) is 2.93. The Labute approximate surface area is 88.9 Å². The largest absolute Gasteiger partial charge is 0.507 e. The second kappa shape index (κ2) is 9.11. The van der Waals surface area contributed by atoms with Crippen molar-refractivity contribution in [3.63, 3.8) is 0 Å². The molecule has 0 bridgehead atoms. The van der Waals surface area contributed by atoms with Crippen LogP contribution in [0.25, 0.3) is 0 Å². The Kier molecular flexibility index (Phi) is 8.22. The molecule has 0 unspecified atom stereocenters. The number of alkyl carbamates (subject to hydrolysis) is 1. The number of carbonyl (C=O) groups is 2. The monoisotopic (exact) mass is 219 g/mol. The summed E-state index contributed by atoms with van der Waals surface area (Å²) in [5.41, 5.74) is 0. The van der Waals surface area contributed by atoms with E-state index in [0.717, 1.165) is 6.42 Å². The first-order chi connectivity index (χ1) is 7.20. The van der Waals surface area contributed by atoms with Crippen LogP contribution in [0.15, 0.2) is 0 Å². The minimum Gasteiger partial charge on any atom is -0.450 e. The molecule has 6 heteroatoms. The fourth-order valence-corrected chi connectivity index (χ4v) is 0.723. The van der Waals surface area contributed by atoms with Gasteiger partial charge < -0.3 is 19.5 Å². The highest BCUT2D eigenvalue weighted by molar-refractivity contribution is 5.66. The molecule has 0 fully saturated rings. The third kappa shape index (κ3) is 8.86. The molecule has 0 saturated carbocycles. The van der Waals surface area contributed by atoms with Crippen LogP contribution < -0.4 is 5.32 Å². The third-order valence-corrected chi connectivity index (χ3v) is 1.41. The highest BCUT2D eigenvalue weighted by Gasteiger charge is 2.01. The van der Waals surface area contributed by atoms with Crippen molar-refractivity contribution in [2.24, 2.45) is 0 Å². The molecule has 1 amide bonds. The topological polar surface area (TPSA) is 73.9 Å². The van der Waals surface area contributed by atoms with E-state index in [2.05, 4.69) is 14.8 Å². The second-order valence-corrected chi connectivity index (χ2v) is 2.72. The van der Waals surface area contributed by atoms with Crippen molar-refractivity contribution in [3.05, 3.63) is 0 Å². The lowest BCUT2D eigenvalue weighted by molar-refractivity contribution is 0.0718. The molecule has 0 aliphatic heterocycles. The SMILES string of the molecule is CCCOC(=O)NCCCOC(=O)OC. The molecule has 0 rings (SSSR count). The molecule has 1 N–H and O–H groups in total. The number of methoxy groups -OCH3 is 1. The number of rotatable bonds is 6. The van der Waals surface area contributed by atoms with Gasteiger partial charge >= 0.3 is 12.2 Å². The number of amides is 1. The summed E-state index contributed by atoms with van der Waals surface area (Å²) in [7, 11) is 1.24. The van der Waals surface area contributed by atoms with Crippen LogP contribution in [0, 0.1) is 0 Å². The van der Waals surface area contributed by atoms with Gasteiger partial charge in [0.15, 0.2) is 0 Å². The van der Waals surface area contributed by atoms with Gasteiger partial charge in [0.1, 0.15) is 0 Å². The van der Waals surface area contributed by atoms with Crippen LogP contribution in [0.5, 0.6) is 0 Å². The van der Waals surface area contributed by atoms with Crippen molar-refractivity contribution in [3.8, 4) is 0 Å². The molecule has 6 nitrogen and oxygen atoms in total. The summed E-state index contributed by atoms with van der Waals surface area (Å²) in [6.07, 6.45) is 0.147. The Balaban J connectivity index is 3.23. The summed E-state index contributed by atoms with van der Waals surface area (Å²) in [5, 5.41) is 2.52. The molecule has 0 aromatic carbocycles. The fourth-order valence-electron chi connectivity index (χ4n) is 0.723. The normalized spacial score (nSPS) is 9.20. The Morgan fingerprint density at radius 2 is 1.93 bits per heavy atom. The molecule has 0 radical (unpaired) electrons. The summed E-state index contributed by atoms with van der Waals surface area (Å²) in [4.78, 5) is 21.4. The summed E-state index contributed by atoms with van der Waals surface area (Å²) < 4.78 is 13.6. The van der Waals surface area contributed by atoms with Crippen molar-refractivity contribution in [2.45, 2.75) is 19.8 Å². The van der Waals surface area contributed by atoms with Gasteiger partial charge in [0.2, 0.25) is 0 Å². The predicted octanol–water partition coefficient (Wildman–Crippen LogP) is 1.30. The van der Waals surface area contributed by atoms with E-state index in [1.807, 2.05) is 6.92 Å². The zero-order valence-electron chi connectivity index (χ0n) is 9.08. The number of carbonyl (C=O) groups excluding carboxylic acids is 2. The third-order valence-electron chi connectivity index (χ3n) is 1.41. The number of ether oxygens (including phenoxy) is 3. The van der Waals surface area contributed by atoms with Crippen molar-refractivity contribution in [1.82, 2.24) is 5.32 Å². The molecule has 0 aromatic heterocycles. The van der Waals surface area contributed by atoms with Gasteiger partial charge in [-0.05, 0) is 12.8 Å². The molecular weight excluding hydrogens is 202 g/mol. The van der Waals surface area contributed by atoms with Crippen molar-refractivity contribution >= 4 is 12.2 Å². The molecule has 0 atom stereocenters. The molecule has 88 valence electrons. The van der Waals surface area contributed by atoms with Crippen LogP contribution in [0.3, 0.4) is 0 Å². The van der Waals surface area contributed by atoms with E-state index in [-0.39, 0.29) is 6.61 Å². The first kappa shape index (κ1) is 13.5. The molecule has 0 heterocycles. The molecular formula is C9H17NO5. The minimum absolute atomic E-state index is 0.209. The average Bonchev–Trinajstić information content (AvgIpc) is 2.25. The quantitative estimate of drug-likeness (QED) is 0.538. The van der Waals surface area contributed by atoms with Crippen LogP contribution in [0.4, 0.5) is 9.59 Å². The predicted molar refractivity (Wildman–Crippen MR) is 52.6 cm³/mol. The average molecular weight is 219 g/mol. The Morgan fingerprint density at radius 1 is 1.20 bits per heavy atom. The summed E-state index contributed by atoms with van der Waals surface area (Å²) in [6, 6.07) is 0. The number of hydrogen-bond donors (Lipinski definition) is 1. The first-order valence-electron chi connectivity index (χ1n) is 4.82. The Morgan fingerprint density at radius 3 is 2.53 bits per heavy atom. The second-order valence-electron chi connectivity index (χ2n) is 2.72. The molecule has 0 spiro atoms. The van der Waals surface area contributed by atoms with Gasteiger partial charge in [-0.25, -0.2) is 9.59 Å². The lowest BCUT2D eigenvalue weighted by Gasteiger charge is -2.05. The van der Waals surface area contributed by atoms with E-state index in [1.165, 1.54) is 7.11 Å². The molecule has 0 aromatic rings. The van der Waals surface area contributed by atoms with E-state index >= 15 is 0 Å². The smallest absolute Gasteiger partial charge is 0.450 e. The summed E-state index contributed by atoms with van der Waals surface area (Å²) in [5.74, 6) is 0. The lowest BCUT2D eigenvalue weighted by Crippen LogP contribution is -2.26. The fraction of sp³-hybridized carbons (Fsp3) is 0.778. The van der Waals surface area contributed by atoms with E-state index in [4.69, 9.17) is 4.74 Å². The van der Waals surface area contributed by atoms with E-state index in [0.29, 0.717) is 19.6 Å². The molecule has 0 saturated heterocycles. The first-order valence-corrected chi connectivity index (χ1v) is 4.82. The Hall–Kier alpha value is -1.46. The number of nitrogens with one attached hydrogen (secondary N) is 1. The van der Waals surface area contributed by atoms with Gasteiger partial charge in [-0.1, -0.05) is 6.92 Å². The van der Waals surface area contributed by atoms with E-state index in [1.54, 1.807) is 0 Å². The highest BCUT2D eigenvalue weighted by atomic mass is 16.7. The zero-order chi connectivity index (χ0) is 11.5. The Bertz CT molecular complexity index is 195. The maximum Gasteiger partial charge on any atom is 0.507 e. The van der Waals surface area contributed by atoms with E-state index < -0.39 is 12.2 Å². The maximum absolute atomic E-state index is 10.9. The minimum atomic E-state index is -0.719. The van der Waals surface area contributed by atoms with Gasteiger partial charge in [0, 0.05) is 6.54 Å². The van der Waals surface area contributed by atoms with E-state index in [9.17, 15) is 9.59 Å². The molecule has 0 aliphatic carbocycles. The molecule has 0 aliphatic rings. The molecule has 15 heavy (non-hydrogen) atoms. The van der Waals surface area contributed by atoms with Crippen LogP contribution >= 0.6 is 0 Å². The van der Waals surface area contributed by atoms with Gasteiger partial charge in [0.25, 0.3) is 0 Å². The number of hydrogen-bond acceptors (Lipinski definition) is 5. The van der Waals surface area contributed by atoms with Crippen LogP contribution in [0.1, 0.15) is 19.8 Å². The van der Waals surface area contributed by atoms with Crippen LogP contribution in [0.2, 0.25) is 0 Å². The van der Waals surface area contributed by atoms with Gasteiger partial charge in [-0.3, -0.25) is 0 Å². The lowest BCUT2D eigenvalue weighted by atomic mass is 10.4. The van der Waals surface area contributed by atoms with Gasteiger partial charge in [-0.15, -0.1) is 0 Å². The van der Waals surface area contributed by atoms with Crippen LogP contribution in [-0.2, 0) is 14.2 Å². The van der Waals surface area contributed by atoms with Crippen molar-refractivity contribution < 1.29 is 23.8 Å². The van der Waals surface area contributed by atoms with Gasteiger partial charge in [0.05, 0.1) is 20.3 Å². The summed E-state index contributed by atoms with van der Waals surface area (Å²) >= 11 is 0. The maximum atomic E-state index is 10.9. The standard InChI is InChI=1S/C9H17NO5/c1-3-6-14-8(11)10-5-4-7-15-9(12)13-2/h3-7H2,1-2H3,(H,10,11). The zero-order valence-corrected chi connectivity index (χ0v) is 9.08. The van der Waals surface area contributed by atoms with Crippen LogP contribution in [-0.4, -0.2) is 39.1 Å².